The Morgan fingerprint density at radius 3 is 2.70 bits per heavy atom. The second kappa shape index (κ2) is 8.31. The average Bonchev–Trinajstić information content (AvgIpc) is 3.11. The van der Waals surface area contributed by atoms with Crippen molar-refractivity contribution < 1.29 is 14.1 Å². The number of nitro benzene ring substituents is 1. The first kappa shape index (κ1) is 19.1. The standard InChI is InChI=1S/C17H13BrN4O4S/c1-10-2-7-13(8-14(10)22(24)25)19-15(23)9-27-17-21-20-16(26-17)11-3-5-12(18)6-4-11/h2-8H,9H2,1H3,(H,19,23). The van der Waals surface area contributed by atoms with E-state index in [1.165, 1.54) is 6.07 Å². The van der Waals surface area contributed by atoms with Crippen molar-refractivity contribution in [3.63, 3.8) is 0 Å². The number of hydrogen-bond acceptors (Lipinski definition) is 7. The van der Waals surface area contributed by atoms with Gasteiger partial charge in [0.2, 0.25) is 11.8 Å². The molecular formula is C17H13BrN4O4S. The normalized spacial score (nSPS) is 10.6. The summed E-state index contributed by atoms with van der Waals surface area (Å²) in [5, 5.41) is 21.7. The molecule has 3 aromatic rings. The molecule has 138 valence electrons. The van der Waals surface area contributed by atoms with Gasteiger partial charge >= 0.3 is 0 Å². The summed E-state index contributed by atoms with van der Waals surface area (Å²) < 4.78 is 6.47. The fraction of sp³-hybridized carbons (Fsp3) is 0.118. The van der Waals surface area contributed by atoms with Crippen molar-refractivity contribution in [3.05, 3.63) is 62.6 Å². The Bertz CT molecular complexity index is 991. The van der Waals surface area contributed by atoms with Gasteiger partial charge in [-0.3, -0.25) is 14.9 Å². The molecule has 10 heteroatoms. The summed E-state index contributed by atoms with van der Waals surface area (Å²) in [7, 11) is 0. The number of nitrogens with one attached hydrogen (secondary N) is 1. The second-order valence-electron chi connectivity index (χ2n) is 5.48. The van der Waals surface area contributed by atoms with E-state index in [1.807, 2.05) is 24.3 Å². The van der Waals surface area contributed by atoms with Gasteiger partial charge in [0.05, 0.1) is 10.7 Å². The third kappa shape index (κ3) is 4.92. The molecule has 0 atom stereocenters. The van der Waals surface area contributed by atoms with Crippen molar-refractivity contribution >= 4 is 45.0 Å². The lowest BCUT2D eigenvalue weighted by Crippen LogP contribution is -2.14. The van der Waals surface area contributed by atoms with E-state index < -0.39 is 4.92 Å². The quantitative estimate of drug-likeness (QED) is 0.336. The van der Waals surface area contributed by atoms with Gasteiger partial charge in [-0.05, 0) is 37.3 Å². The van der Waals surface area contributed by atoms with E-state index in [-0.39, 0.29) is 22.6 Å². The molecule has 0 spiro atoms. The maximum Gasteiger partial charge on any atom is 0.277 e. The van der Waals surface area contributed by atoms with Crippen LogP contribution < -0.4 is 5.32 Å². The number of carbonyl (C=O) groups is 1. The van der Waals surface area contributed by atoms with Crippen molar-refractivity contribution in [2.24, 2.45) is 0 Å². The maximum absolute atomic E-state index is 12.1. The summed E-state index contributed by atoms with van der Waals surface area (Å²) in [6.07, 6.45) is 0. The minimum Gasteiger partial charge on any atom is -0.411 e. The van der Waals surface area contributed by atoms with Crippen molar-refractivity contribution in [2.45, 2.75) is 12.1 Å². The minimum absolute atomic E-state index is 0.0314. The van der Waals surface area contributed by atoms with E-state index in [1.54, 1.807) is 19.1 Å². The Morgan fingerprint density at radius 1 is 1.26 bits per heavy atom. The van der Waals surface area contributed by atoms with Crippen LogP contribution in [0.3, 0.4) is 0 Å². The van der Waals surface area contributed by atoms with Crippen LogP contribution in [0.25, 0.3) is 11.5 Å². The largest absolute Gasteiger partial charge is 0.411 e. The highest BCUT2D eigenvalue weighted by atomic mass is 79.9. The van der Waals surface area contributed by atoms with Gasteiger partial charge in [0.1, 0.15) is 0 Å². The van der Waals surface area contributed by atoms with Crippen LogP contribution in [0.1, 0.15) is 5.56 Å². The number of nitrogens with zero attached hydrogens (tertiary/aromatic N) is 3. The molecule has 0 saturated heterocycles. The fourth-order valence-corrected chi connectivity index (χ4v) is 3.01. The molecule has 0 aliphatic rings. The van der Waals surface area contributed by atoms with Crippen molar-refractivity contribution in [2.75, 3.05) is 11.1 Å². The van der Waals surface area contributed by atoms with Crippen LogP contribution in [0.5, 0.6) is 0 Å². The minimum atomic E-state index is -0.484. The molecule has 2 aromatic carbocycles. The molecule has 3 rings (SSSR count). The molecule has 1 amide bonds. The van der Waals surface area contributed by atoms with Gasteiger partial charge in [-0.25, -0.2) is 0 Å². The topological polar surface area (TPSA) is 111 Å². The first-order chi connectivity index (χ1) is 12.9. The van der Waals surface area contributed by atoms with E-state index >= 15 is 0 Å². The highest BCUT2D eigenvalue weighted by Gasteiger charge is 2.14. The molecule has 0 saturated carbocycles. The molecule has 1 N–H and O–H groups in total. The Labute approximate surface area is 166 Å². The second-order valence-corrected chi connectivity index (χ2v) is 7.32. The van der Waals surface area contributed by atoms with Crippen LogP contribution in [0.15, 0.2) is 56.6 Å². The van der Waals surface area contributed by atoms with Gasteiger partial charge < -0.3 is 9.73 Å². The Hall–Kier alpha value is -2.72. The Kier molecular flexibility index (Phi) is 5.87. The lowest BCUT2D eigenvalue weighted by atomic mass is 10.2. The first-order valence-electron chi connectivity index (χ1n) is 7.69. The van der Waals surface area contributed by atoms with E-state index in [9.17, 15) is 14.9 Å². The van der Waals surface area contributed by atoms with Gasteiger partial charge in [-0.2, -0.15) is 0 Å². The zero-order valence-corrected chi connectivity index (χ0v) is 16.4. The monoisotopic (exact) mass is 448 g/mol. The summed E-state index contributed by atoms with van der Waals surface area (Å²) in [5.41, 5.74) is 1.61. The number of thioether (sulfide) groups is 1. The summed E-state index contributed by atoms with van der Waals surface area (Å²) in [4.78, 5) is 22.6. The number of anilines is 1. The molecule has 0 bridgehead atoms. The van der Waals surface area contributed by atoms with Crippen molar-refractivity contribution in [3.8, 4) is 11.5 Å². The van der Waals surface area contributed by atoms with Crippen LogP contribution in [-0.2, 0) is 4.79 Å². The number of hydrogen-bond donors (Lipinski definition) is 1. The predicted molar refractivity (Wildman–Crippen MR) is 105 cm³/mol. The van der Waals surface area contributed by atoms with Crippen molar-refractivity contribution in [1.82, 2.24) is 10.2 Å². The fourth-order valence-electron chi connectivity index (χ4n) is 2.19. The van der Waals surface area contributed by atoms with E-state index in [0.29, 0.717) is 17.1 Å². The van der Waals surface area contributed by atoms with Crippen molar-refractivity contribution in [1.29, 1.82) is 0 Å². The zero-order chi connectivity index (χ0) is 19.4. The smallest absolute Gasteiger partial charge is 0.277 e. The van der Waals surface area contributed by atoms with Crippen LogP contribution in [0, 0.1) is 17.0 Å². The molecule has 1 heterocycles. The van der Waals surface area contributed by atoms with E-state index in [4.69, 9.17) is 4.42 Å². The molecule has 0 unspecified atom stereocenters. The number of aromatic nitrogens is 2. The summed E-state index contributed by atoms with van der Waals surface area (Å²) >= 11 is 4.44. The average molecular weight is 449 g/mol. The molecule has 0 aliphatic carbocycles. The third-order valence-corrected chi connectivity index (χ3v) is 4.86. The Morgan fingerprint density at radius 2 is 2.00 bits per heavy atom. The van der Waals surface area contributed by atoms with Gasteiger partial charge in [0.25, 0.3) is 10.9 Å². The first-order valence-corrected chi connectivity index (χ1v) is 9.47. The van der Waals surface area contributed by atoms with Crippen LogP contribution >= 0.6 is 27.7 Å². The number of rotatable bonds is 6. The van der Waals surface area contributed by atoms with Gasteiger partial charge in [0, 0.05) is 27.4 Å². The third-order valence-electron chi connectivity index (χ3n) is 3.51. The lowest BCUT2D eigenvalue weighted by Gasteiger charge is -2.05. The maximum atomic E-state index is 12.1. The summed E-state index contributed by atoms with van der Waals surface area (Å²) in [6, 6.07) is 11.9. The number of nitro groups is 1. The van der Waals surface area contributed by atoms with Crippen LogP contribution in [0.4, 0.5) is 11.4 Å². The number of carbonyl (C=O) groups excluding carboxylic acids is 1. The molecular weight excluding hydrogens is 436 g/mol. The number of benzene rings is 2. The molecule has 0 radical (unpaired) electrons. The Balaban J connectivity index is 1.59. The summed E-state index contributed by atoms with van der Waals surface area (Å²) in [5.74, 6) is 0.0602. The van der Waals surface area contributed by atoms with E-state index in [2.05, 4.69) is 31.4 Å². The molecule has 1 aromatic heterocycles. The molecule has 0 aliphatic heterocycles. The van der Waals surface area contributed by atoms with Gasteiger partial charge in [-0.1, -0.05) is 33.8 Å². The highest BCUT2D eigenvalue weighted by Crippen LogP contribution is 2.25. The van der Waals surface area contributed by atoms with Crippen LogP contribution in [0.2, 0.25) is 0 Å². The predicted octanol–water partition coefficient (Wildman–Crippen LogP) is 4.45. The number of aryl methyl sites for hydroxylation is 1. The molecule has 27 heavy (non-hydrogen) atoms. The number of amides is 1. The molecule has 0 fully saturated rings. The number of halogens is 1. The van der Waals surface area contributed by atoms with Gasteiger partial charge in [0.15, 0.2) is 0 Å². The highest BCUT2D eigenvalue weighted by molar-refractivity contribution is 9.10. The SMILES string of the molecule is Cc1ccc(NC(=O)CSc2nnc(-c3ccc(Br)cc3)o2)cc1[N+](=O)[O-]. The zero-order valence-electron chi connectivity index (χ0n) is 14.0. The summed E-state index contributed by atoms with van der Waals surface area (Å²) in [6.45, 7) is 1.64. The lowest BCUT2D eigenvalue weighted by molar-refractivity contribution is -0.385. The van der Waals surface area contributed by atoms with Gasteiger partial charge in [-0.15, -0.1) is 10.2 Å². The molecule has 8 nitrogen and oxygen atoms in total. The van der Waals surface area contributed by atoms with E-state index in [0.717, 1.165) is 21.8 Å². The van der Waals surface area contributed by atoms with Crippen LogP contribution in [-0.4, -0.2) is 26.8 Å².